The third-order valence-corrected chi connectivity index (χ3v) is 5.97. The smallest absolute Gasteiger partial charge is 0.241 e. The molecule has 2 aromatic carbocycles. The van der Waals surface area contributed by atoms with Crippen molar-refractivity contribution in [3.8, 4) is 17.1 Å². The van der Waals surface area contributed by atoms with Gasteiger partial charge in [-0.3, -0.25) is 9.69 Å². The highest BCUT2D eigenvalue weighted by molar-refractivity contribution is 6.36. The summed E-state index contributed by atoms with van der Waals surface area (Å²) in [6, 6.07) is 12.5. The summed E-state index contributed by atoms with van der Waals surface area (Å²) in [7, 11) is 0. The van der Waals surface area contributed by atoms with E-state index in [2.05, 4.69) is 26.9 Å². The maximum atomic E-state index is 12.7. The second-order valence-corrected chi connectivity index (χ2v) is 8.65. The number of benzene rings is 2. The number of aromatic nitrogens is 2. The first-order valence-electron chi connectivity index (χ1n) is 10.7. The topological polar surface area (TPSA) is 80.5 Å². The Morgan fingerprint density at radius 2 is 2.06 bits per heavy atom. The van der Waals surface area contributed by atoms with E-state index in [0.29, 0.717) is 46.2 Å². The van der Waals surface area contributed by atoms with E-state index in [0.717, 1.165) is 31.6 Å². The lowest BCUT2D eigenvalue weighted by atomic mass is 9.96. The van der Waals surface area contributed by atoms with Gasteiger partial charge in [0.15, 0.2) is 0 Å². The Hall–Kier alpha value is -2.87. The first-order valence-corrected chi connectivity index (χ1v) is 11.4. The summed E-state index contributed by atoms with van der Waals surface area (Å²) in [5.74, 6) is 1.61. The van der Waals surface area contributed by atoms with Crippen LogP contribution in [0.15, 0.2) is 59.6 Å². The molecule has 1 amide bonds. The second-order valence-electron chi connectivity index (χ2n) is 7.80. The highest BCUT2D eigenvalue weighted by Crippen LogP contribution is 2.29. The van der Waals surface area contributed by atoms with Gasteiger partial charge in [0.2, 0.25) is 17.6 Å². The van der Waals surface area contributed by atoms with Gasteiger partial charge in [-0.15, -0.1) is 0 Å². The van der Waals surface area contributed by atoms with Crippen molar-refractivity contribution >= 4 is 34.8 Å². The molecule has 1 aliphatic rings. The zero-order chi connectivity index (χ0) is 23.2. The predicted octanol–water partition coefficient (Wildman–Crippen LogP) is 5.46. The van der Waals surface area contributed by atoms with Crippen molar-refractivity contribution in [3.63, 3.8) is 0 Å². The summed E-state index contributed by atoms with van der Waals surface area (Å²) in [5.41, 5.74) is 1.40. The number of nitrogens with one attached hydrogen (secondary N) is 1. The van der Waals surface area contributed by atoms with Crippen molar-refractivity contribution in [1.29, 1.82) is 0 Å². The number of carbonyl (C=O) groups excluding carboxylic acids is 1. The van der Waals surface area contributed by atoms with Gasteiger partial charge < -0.3 is 14.6 Å². The van der Waals surface area contributed by atoms with Crippen LogP contribution in [0.3, 0.4) is 0 Å². The number of rotatable bonds is 8. The second kappa shape index (κ2) is 10.8. The minimum Gasteiger partial charge on any atom is -0.489 e. The molecule has 7 nitrogen and oxygen atoms in total. The van der Waals surface area contributed by atoms with Gasteiger partial charge in [-0.2, -0.15) is 4.98 Å². The Labute approximate surface area is 202 Å². The molecule has 0 aliphatic carbocycles. The fraction of sp³-hybridized carbons (Fsp3) is 0.292. The third kappa shape index (κ3) is 6.13. The molecule has 4 rings (SSSR count). The number of anilines is 1. The lowest BCUT2D eigenvalue weighted by molar-refractivity contribution is -0.121. The molecule has 9 heteroatoms. The van der Waals surface area contributed by atoms with Gasteiger partial charge in [-0.05, 0) is 56.3 Å². The minimum atomic E-state index is -0.0508. The molecule has 1 aliphatic heterocycles. The van der Waals surface area contributed by atoms with Crippen LogP contribution in [-0.2, 0) is 11.3 Å². The van der Waals surface area contributed by atoms with Gasteiger partial charge in [-0.1, -0.05) is 47.1 Å². The monoisotopic (exact) mass is 486 g/mol. The highest BCUT2D eigenvalue weighted by Gasteiger charge is 2.26. The van der Waals surface area contributed by atoms with E-state index in [-0.39, 0.29) is 11.8 Å². The molecule has 3 aromatic rings. The molecule has 0 saturated carbocycles. The van der Waals surface area contributed by atoms with E-state index in [1.807, 2.05) is 24.3 Å². The van der Waals surface area contributed by atoms with Crippen LogP contribution in [0.1, 0.15) is 18.7 Å². The fourth-order valence-corrected chi connectivity index (χ4v) is 4.20. The molecule has 0 atom stereocenters. The maximum Gasteiger partial charge on any atom is 0.241 e. The van der Waals surface area contributed by atoms with Gasteiger partial charge >= 0.3 is 0 Å². The molecule has 0 bridgehead atoms. The Morgan fingerprint density at radius 1 is 1.24 bits per heavy atom. The lowest BCUT2D eigenvalue weighted by Crippen LogP contribution is -2.37. The maximum absolute atomic E-state index is 12.7. The number of halogens is 2. The van der Waals surface area contributed by atoms with Crippen LogP contribution in [0, 0.1) is 5.92 Å². The van der Waals surface area contributed by atoms with Crippen LogP contribution in [-0.4, -0.2) is 40.6 Å². The number of carbonyl (C=O) groups is 1. The standard InChI is InChI=1S/C24H24Cl2N4O3/c1-2-12-32-19-5-3-4-18(14-19)27-24(31)16-8-10-30(11-9-16)15-22-28-23(29-33-22)20-7-6-17(25)13-21(20)26/h2-7,13-14,16H,1,8-12,15H2,(H,27,31). The van der Waals surface area contributed by atoms with Crippen LogP contribution in [0.5, 0.6) is 5.75 Å². The number of amides is 1. The van der Waals surface area contributed by atoms with Crippen molar-refractivity contribution in [2.45, 2.75) is 19.4 Å². The average molecular weight is 487 g/mol. The molecule has 1 N–H and O–H groups in total. The van der Waals surface area contributed by atoms with E-state index in [1.54, 1.807) is 24.3 Å². The van der Waals surface area contributed by atoms with E-state index in [4.69, 9.17) is 32.5 Å². The Bertz CT molecular complexity index is 1130. The van der Waals surface area contributed by atoms with Gasteiger partial charge in [0, 0.05) is 28.3 Å². The minimum absolute atomic E-state index is 0.0213. The summed E-state index contributed by atoms with van der Waals surface area (Å²) in [6.07, 6.45) is 3.19. The highest BCUT2D eigenvalue weighted by atomic mass is 35.5. The molecule has 0 radical (unpaired) electrons. The molecule has 0 unspecified atom stereocenters. The van der Waals surface area contributed by atoms with E-state index in [9.17, 15) is 4.79 Å². The average Bonchev–Trinajstić information content (AvgIpc) is 3.26. The van der Waals surface area contributed by atoms with Crippen LogP contribution in [0.25, 0.3) is 11.4 Å². The predicted molar refractivity (Wildman–Crippen MR) is 129 cm³/mol. The van der Waals surface area contributed by atoms with Crippen LogP contribution in [0.2, 0.25) is 10.0 Å². The third-order valence-electron chi connectivity index (χ3n) is 5.43. The van der Waals surface area contributed by atoms with Crippen molar-refractivity contribution < 1.29 is 14.1 Å². The van der Waals surface area contributed by atoms with Gasteiger partial charge in [-0.25, -0.2) is 0 Å². The van der Waals surface area contributed by atoms with Crippen LogP contribution < -0.4 is 10.1 Å². The number of nitrogens with zero attached hydrogens (tertiary/aromatic N) is 3. The molecule has 1 aromatic heterocycles. The largest absolute Gasteiger partial charge is 0.489 e. The SMILES string of the molecule is C=CCOc1cccc(NC(=O)C2CCN(Cc3nc(-c4ccc(Cl)cc4Cl)no3)CC2)c1. The van der Waals surface area contributed by atoms with Crippen molar-refractivity contribution in [3.05, 3.63) is 71.1 Å². The van der Waals surface area contributed by atoms with E-state index < -0.39 is 0 Å². The zero-order valence-corrected chi connectivity index (χ0v) is 19.5. The molecule has 172 valence electrons. The van der Waals surface area contributed by atoms with Gasteiger partial charge in [0.1, 0.15) is 12.4 Å². The molecule has 1 fully saturated rings. The van der Waals surface area contributed by atoms with E-state index >= 15 is 0 Å². The molecule has 2 heterocycles. The van der Waals surface area contributed by atoms with Gasteiger partial charge in [0.05, 0.1) is 11.6 Å². The van der Waals surface area contributed by atoms with Gasteiger partial charge in [0.25, 0.3) is 0 Å². The summed E-state index contributed by atoms with van der Waals surface area (Å²) in [5, 5.41) is 8.06. The number of likely N-dealkylation sites (tertiary alicyclic amines) is 1. The lowest BCUT2D eigenvalue weighted by Gasteiger charge is -2.30. The number of piperidine rings is 1. The van der Waals surface area contributed by atoms with E-state index in [1.165, 1.54) is 0 Å². The first kappa shape index (κ1) is 23.3. The molecule has 33 heavy (non-hydrogen) atoms. The molecule has 1 saturated heterocycles. The normalized spacial score (nSPS) is 14.7. The number of hydrogen-bond donors (Lipinski definition) is 1. The summed E-state index contributed by atoms with van der Waals surface area (Å²) in [6.45, 7) is 6.11. The van der Waals surface area contributed by atoms with Crippen molar-refractivity contribution in [1.82, 2.24) is 15.0 Å². The number of ether oxygens (including phenoxy) is 1. The summed E-state index contributed by atoms with van der Waals surface area (Å²) >= 11 is 12.2. The molecule has 0 spiro atoms. The van der Waals surface area contributed by atoms with Crippen LogP contribution in [0.4, 0.5) is 5.69 Å². The van der Waals surface area contributed by atoms with Crippen molar-refractivity contribution in [2.24, 2.45) is 5.92 Å². The summed E-state index contributed by atoms with van der Waals surface area (Å²) < 4.78 is 10.9. The molecular formula is C24H24Cl2N4O3. The van der Waals surface area contributed by atoms with Crippen LogP contribution >= 0.6 is 23.2 Å². The molecular weight excluding hydrogens is 463 g/mol. The number of hydrogen-bond acceptors (Lipinski definition) is 6. The van der Waals surface area contributed by atoms with Crippen molar-refractivity contribution in [2.75, 3.05) is 25.0 Å². The Kier molecular flexibility index (Phi) is 7.65. The quantitative estimate of drug-likeness (QED) is 0.425. The zero-order valence-electron chi connectivity index (χ0n) is 18.0. The first-order chi connectivity index (χ1) is 16.0. The Morgan fingerprint density at radius 3 is 2.82 bits per heavy atom. The Balaban J connectivity index is 1.28. The summed E-state index contributed by atoms with van der Waals surface area (Å²) in [4.78, 5) is 19.4. The fourth-order valence-electron chi connectivity index (χ4n) is 3.71.